The van der Waals surface area contributed by atoms with Gasteiger partial charge in [0.15, 0.2) is 0 Å². The molecule has 0 aliphatic heterocycles. The molecule has 0 atom stereocenters. The van der Waals surface area contributed by atoms with Crippen LogP contribution in [0, 0.1) is 0 Å². The van der Waals surface area contributed by atoms with Crippen molar-refractivity contribution in [2.24, 2.45) is 0 Å². The summed E-state index contributed by atoms with van der Waals surface area (Å²) in [5.41, 5.74) is 25.1. The highest BCUT2D eigenvalue weighted by atomic mass is 32.1. The molecule has 0 radical (unpaired) electrons. The number of thiophene rings is 2. The maximum atomic E-state index is 2.50. The van der Waals surface area contributed by atoms with Gasteiger partial charge < -0.3 is 9.80 Å². The molecular weight excluding hydrogens is 1160 g/mol. The van der Waals surface area contributed by atoms with Crippen LogP contribution in [0.1, 0.15) is 22.3 Å². The SMILES string of the molecule is c1ccc(-c2ccc(N(c3ccc4c(c3)C(c3ccccc3)(c3ccccc3)c3cc(N(c5ccc(-c6ccccc6)cc5)c5ccc6c(-c7ccccc7)c(-c7ccccc7)sc6c5)ccc3-4)c3ccc4c(-c5ccccc5)c(-c5ccccc5)sc4c3)cc2)cc1. The summed E-state index contributed by atoms with van der Waals surface area (Å²) in [5.74, 6) is 0. The molecule has 0 fully saturated rings. The number of hydrogen-bond donors (Lipinski definition) is 0. The van der Waals surface area contributed by atoms with Crippen LogP contribution in [0.2, 0.25) is 0 Å². The van der Waals surface area contributed by atoms with E-state index >= 15 is 0 Å². The predicted molar refractivity (Wildman–Crippen MR) is 396 cm³/mol. The quantitative estimate of drug-likeness (QED) is 0.107. The molecule has 0 saturated carbocycles. The average molecular weight is 1220 g/mol. The molecule has 0 saturated heterocycles. The maximum absolute atomic E-state index is 2.50. The monoisotopic (exact) mass is 1220 g/mol. The fourth-order valence-corrected chi connectivity index (χ4v) is 16.8. The van der Waals surface area contributed by atoms with Crippen LogP contribution >= 0.6 is 22.7 Å². The molecule has 17 rings (SSSR count). The van der Waals surface area contributed by atoms with E-state index in [0.29, 0.717) is 0 Å². The summed E-state index contributed by atoms with van der Waals surface area (Å²) in [4.78, 5) is 7.48. The van der Waals surface area contributed by atoms with Crippen LogP contribution in [0.3, 0.4) is 0 Å². The topological polar surface area (TPSA) is 6.48 Å². The minimum atomic E-state index is -0.745. The van der Waals surface area contributed by atoms with E-state index in [1.165, 1.54) is 119 Å². The Bertz CT molecular complexity index is 4990. The molecule has 2 aromatic heterocycles. The lowest BCUT2D eigenvalue weighted by atomic mass is 9.67. The first-order valence-electron chi connectivity index (χ1n) is 31.8. The van der Waals surface area contributed by atoms with E-state index in [4.69, 9.17) is 0 Å². The van der Waals surface area contributed by atoms with Crippen molar-refractivity contribution in [2.75, 3.05) is 9.80 Å². The average Bonchev–Trinajstić information content (AvgIpc) is 1.55. The third-order valence-corrected chi connectivity index (χ3v) is 21.0. The van der Waals surface area contributed by atoms with Gasteiger partial charge in [-0.05, 0) is 151 Å². The minimum Gasteiger partial charge on any atom is -0.310 e. The van der Waals surface area contributed by atoms with Crippen LogP contribution in [0.15, 0.2) is 364 Å². The lowest BCUT2D eigenvalue weighted by molar-refractivity contribution is 0.768. The van der Waals surface area contributed by atoms with E-state index in [9.17, 15) is 0 Å². The van der Waals surface area contributed by atoms with Crippen molar-refractivity contribution >= 4 is 77.0 Å². The van der Waals surface area contributed by atoms with Crippen molar-refractivity contribution in [1.29, 1.82) is 0 Å². The van der Waals surface area contributed by atoms with Crippen LogP contribution in [0.5, 0.6) is 0 Å². The van der Waals surface area contributed by atoms with Gasteiger partial charge in [-0.3, -0.25) is 0 Å². The first-order chi connectivity index (χ1) is 46.1. The van der Waals surface area contributed by atoms with Crippen molar-refractivity contribution in [1.82, 2.24) is 0 Å². The lowest BCUT2D eigenvalue weighted by Gasteiger charge is -2.35. The molecule has 4 heteroatoms. The highest BCUT2D eigenvalue weighted by Gasteiger charge is 2.47. The number of hydrogen-bond acceptors (Lipinski definition) is 4. The fourth-order valence-electron chi connectivity index (χ4n) is 14.3. The van der Waals surface area contributed by atoms with Gasteiger partial charge in [0.25, 0.3) is 0 Å². The standard InChI is InChI=1S/C89H60N2S2/c1-9-25-61(26-10-1)63-41-45-71(46-42-63)90(75-51-55-79-83(59-75)92-87(67-33-17-5-18-34-67)85(79)65-29-13-3-14-30-65)73-49-53-77-78-54-50-74(58-82(78)89(81(77)57-73,69-37-21-7-22-38-69)70-39-23-8-24-40-70)91(72-47-43-64(44-48-72)62-27-11-2-12-28-62)76-52-56-80-84(60-76)93-88(68-35-19-6-20-36-68)86(80)66-31-15-4-16-32-66/h1-60H. The molecule has 0 bridgehead atoms. The Morgan fingerprint density at radius 1 is 0.215 bits per heavy atom. The Hall–Kier alpha value is -11.4. The molecule has 16 aromatic rings. The van der Waals surface area contributed by atoms with Gasteiger partial charge in [-0.2, -0.15) is 0 Å². The first kappa shape index (κ1) is 55.6. The molecule has 2 heterocycles. The second-order valence-electron chi connectivity index (χ2n) is 23.9. The van der Waals surface area contributed by atoms with Gasteiger partial charge in [-0.1, -0.05) is 291 Å². The van der Waals surface area contributed by atoms with Crippen molar-refractivity contribution in [3.8, 4) is 76.5 Å². The summed E-state index contributed by atoms with van der Waals surface area (Å²) in [6.45, 7) is 0. The Kier molecular flexibility index (Phi) is 14.2. The molecule has 93 heavy (non-hydrogen) atoms. The van der Waals surface area contributed by atoms with Gasteiger partial charge in [0.1, 0.15) is 0 Å². The summed E-state index contributed by atoms with van der Waals surface area (Å²) < 4.78 is 2.46. The number of rotatable bonds is 14. The smallest absolute Gasteiger partial charge is 0.0715 e. The van der Waals surface area contributed by atoms with E-state index in [0.717, 1.165) is 34.1 Å². The zero-order valence-corrected chi connectivity index (χ0v) is 52.5. The number of anilines is 6. The summed E-state index contributed by atoms with van der Waals surface area (Å²) in [6.07, 6.45) is 0. The zero-order chi connectivity index (χ0) is 61.7. The molecule has 0 N–H and O–H groups in total. The van der Waals surface area contributed by atoms with Crippen LogP contribution in [0.25, 0.3) is 96.7 Å². The van der Waals surface area contributed by atoms with Crippen molar-refractivity contribution in [2.45, 2.75) is 5.41 Å². The lowest BCUT2D eigenvalue weighted by Crippen LogP contribution is -2.29. The molecule has 2 nitrogen and oxygen atoms in total. The van der Waals surface area contributed by atoms with Gasteiger partial charge in [0.2, 0.25) is 0 Å². The van der Waals surface area contributed by atoms with Crippen molar-refractivity contribution in [3.63, 3.8) is 0 Å². The Morgan fingerprint density at radius 2 is 0.484 bits per heavy atom. The van der Waals surface area contributed by atoms with Crippen molar-refractivity contribution < 1.29 is 0 Å². The minimum absolute atomic E-state index is 0.745. The van der Waals surface area contributed by atoms with Gasteiger partial charge in [0.05, 0.1) is 5.41 Å². The normalized spacial score (nSPS) is 12.2. The van der Waals surface area contributed by atoms with E-state index in [2.05, 4.69) is 374 Å². The Morgan fingerprint density at radius 3 is 0.828 bits per heavy atom. The van der Waals surface area contributed by atoms with Gasteiger partial charge in [-0.15, -0.1) is 22.7 Å². The Labute approximate surface area is 551 Å². The Balaban J connectivity index is 0.871. The second kappa shape index (κ2) is 23.8. The van der Waals surface area contributed by atoms with Gasteiger partial charge in [-0.25, -0.2) is 0 Å². The first-order valence-corrected chi connectivity index (χ1v) is 33.4. The van der Waals surface area contributed by atoms with Gasteiger partial charge in [0, 0.05) is 75.2 Å². The van der Waals surface area contributed by atoms with Crippen LogP contribution in [-0.2, 0) is 5.41 Å². The van der Waals surface area contributed by atoms with Gasteiger partial charge >= 0.3 is 0 Å². The van der Waals surface area contributed by atoms with Crippen molar-refractivity contribution in [3.05, 3.63) is 386 Å². The second-order valence-corrected chi connectivity index (χ2v) is 26.0. The largest absolute Gasteiger partial charge is 0.310 e. The summed E-state index contributed by atoms with van der Waals surface area (Å²) in [5, 5.41) is 2.48. The number of fused-ring (bicyclic) bond motifs is 5. The molecule has 1 aliphatic rings. The van der Waals surface area contributed by atoms with Crippen LogP contribution in [0.4, 0.5) is 34.1 Å². The number of nitrogens with zero attached hydrogens (tertiary/aromatic N) is 2. The van der Waals surface area contributed by atoms with Crippen LogP contribution < -0.4 is 9.80 Å². The third kappa shape index (κ3) is 9.87. The molecule has 1 aliphatic carbocycles. The van der Waals surface area contributed by atoms with E-state index in [1.54, 1.807) is 0 Å². The molecular formula is C89H60N2S2. The highest BCUT2D eigenvalue weighted by Crippen LogP contribution is 2.59. The molecule has 14 aromatic carbocycles. The highest BCUT2D eigenvalue weighted by molar-refractivity contribution is 7.23. The predicted octanol–water partition coefficient (Wildman–Crippen LogP) is 25.4. The van der Waals surface area contributed by atoms with E-state index < -0.39 is 5.41 Å². The summed E-state index contributed by atoms with van der Waals surface area (Å²) in [6, 6.07) is 134. The molecule has 0 unspecified atom stereocenters. The molecule has 0 spiro atoms. The molecule has 0 amide bonds. The van der Waals surface area contributed by atoms with Crippen LogP contribution in [-0.4, -0.2) is 0 Å². The fraction of sp³-hybridized carbons (Fsp3) is 0.0112. The summed E-state index contributed by atoms with van der Waals surface area (Å²) >= 11 is 3.74. The zero-order valence-electron chi connectivity index (χ0n) is 50.9. The maximum Gasteiger partial charge on any atom is 0.0715 e. The number of benzene rings is 14. The third-order valence-electron chi connectivity index (χ3n) is 18.6. The van der Waals surface area contributed by atoms with E-state index in [1.807, 2.05) is 22.7 Å². The summed E-state index contributed by atoms with van der Waals surface area (Å²) in [7, 11) is 0. The van der Waals surface area contributed by atoms with E-state index in [-0.39, 0.29) is 0 Å². The molecule has 438 valence electrons.